The van der Waals surface area contributed by atoms with Gasteiger partial charge in [0, 0.05) is 24.9 Å². The summed E-state index contributed by atoms with van der Waals surface area (Å²) in [5.41, 5.74) is 1.75. The smallest absolute Gasteiger partial charge is 0.268 e. The zero-order valence-corrected chi connectivity index (χ0v) is 12.5. The Morgan fingerprint density at radius 1 is 1.24 bits per heavy atom. The normalized spacial score (nSPS) is 10.6. The number of nitrogens with zero attached hydrogens (tertiary/aromatic N) is 3. The Hall–Kier alpha value is -2.47. The van der Waals surface area contributed by atoms with Crippen molar-refractivity contribution >= 4 is 23.1 Å². The number of aromatic nitrogens is 3. The fourth-order valence-electron chi connectivity index (χ4n) is 1.97. The molecule has 0 bridgehead atoms. The number of nitrogens with one attached hydrogen (secondary N) is 1. The molecular formula is C15H14N4OS. The van der Waals surface area contributed by atoms with Crippen molar-refractivity contribution in [3.8, 4) is 10.6 Å². The van der Waals surface area contributed by atoms with E-state index in [2.05, 4.69) is 15.4 Å². The number of carbonyl (C=O) groups excluding carboxylic acids is 1. The molecule has 0 aliphatic heterocycles. The van der Waals surface area contributed by atoms with Gasteiger partial charge in [0.25, 0.3) is 5.91 Å². The Morgan fingerprint density at radius 3 is 2.67 bits per heavy atom. The zero-order valence-electron chi connectivity index (χ0n) is 11.7. The summed E-state index contributed by atoms with van der Waals surface area (Å²) < 4.78 is 1.64. The summed E-state index contributed by atoms with van der Waals surface area (Å²) in [6, 6.07) is 11.6. The van der Waals surface area contributed by atoms with E-state index in [0.29, 0.717) is 10.7 Å². The number of thiazole rings is 1. The lowest BCUT2D eigenvalue weighted by molar-refractivity contribution is 0.102. The first-order chi connectivity index (χ1) is 10.1. The van der Waals surface area contributed by atoms with Crippen LogP contribution in [-0.2, 0) is 7.05 Å². The molecule has 0 saturated heterocycles. The molecule has 3 rings (SSSR count). The molecule has 0 radical (unpaired) electrons. The fourth-order valence-corrected chi connectivity index (χ4v) is 2.93. The van der Waals surface area contributed by atoms with Crippen molar-refractivity contribution in [1.82, 2.24) is 14.8 Å². The maximum absolute atomic E-state index is 12.3. The topological polar surface area (TPSA) is 59.8 Å². The van der Waals surface area contributed by atoms with Gasteiger partial charge in [0.2, 0.25) is 0 Å². The van der Waals surface area contributed by atoms with Gasteiger partial charge in [-0.3, -0.25) is 9.48 Å². The van der Waals surface area contributed by atoms with Crippen LogP contribution in [0.1, 0.15) is 15.4 Å². The van der Waals surface area contributed by atoms with Crippen LogP contribution < -0.4 is 5.32 Å². The maximum Gasteiger partial charge on any atom is 0.268 e. The third-order valence-corrected chi connectivity index (χ3v) is 4.18. The minimum atomic E-state index is -0.175. The molecule has 1 aromatic carbocycles. The monoisotopic (exact) mass is 298 g/mol. The molecule has 2 aromatic heterocycles. The van der Waals surface area contributed by atoms with Crippen molar-refractivity contribution in [3.05, 3.63) is 53.2 Å². The molecule has 1 N–H and O–H groups in total. The van der Waals surface area contributed by atoms with E-state index < -0.39 is 0 Å². The summed E-state index contributed by atoms with van der Waals surface area (Å²) in [5, 5.41) is 7.77. The number of carbonyl (C=O) groups is 1. The Morgan fingerprint density at radius 2 is 2.00 bits per heavy atom. The van der Waals surface area contributed by atoms with Gasteiger partial charge in [0.15, 0.2) is 5.82 Å². The van der Waals surface area contributed by atoms with E-state index in [4.69, 9.17) is 0 Å². The Balaban J connectivity index is 1.86. The zero-order chi connectivity index (χ0) is 14.8. The number of hydrogen-bond donors (Lipinski definition) is 1. The third kappa shape index (κ3) is 2.85. The fraction of sp³-hybridized carbons (Fsp3) is 0.133. The van der Waals surface area contributed by atoms with Gasteiger partial charge >= 0.3 is 0 Å². The molecular weight excluding hydrogens is 284 g/mol. The molecule has 0 aliphatic carbocycles. The van der Waals surface area contributed by atoms with E-state index >= 15 is 0 Å². The summed E-state index contributed by atoms with van der Waals surface area (Å²) in [7, 11) is 1.81. The largest absolute Gasteiger partial charge is 0.304 e. The van der Waals surface area contributed by atoms with Crippen LogP contribution in [0.25, 0.3) is 10.6 Å². The molecule has 3 aromatic rings. The Labute approximate surface area is 126 Å². The van der Waals surface area contributed by atoms with Gasteiger partial charge in [-0.05, 0) is 6.92 Å². The van der Waals surface area contributed by atoms with Crippen molar-refractivity contribution in [3.63, 3.8) is 0 Å². The van der Waals surface area contributed by atoms with Crippen LogP contribution in [0.3, 0.4) is 0 Å². The van der Waals surface area contributed by atoms with Crippen molar-refractivity contribution in [2.24, 2.45) is 7.05 Å². The van der Waals surface area contributed by atoms with Crippen LogP contribution in [0, 0.1) is 6.92 Å². The second kappa shape index (κ2) is 5.49. The lowest BCUT2D eigenvalue weighted by atomic mass is 10.2. The Kier molecular flexibility index (Phi) is 3.53. The second-order valence-electron chi connectivity index (χ2n) is 4.63. The Bertz CT molecular complexity index is 776. The molecule has 6 heteroatoms. The van der Waals surface area contributed by atoms with Crippen LogP contribution in [-0.4, -0.2) is 20.7 Å². The van der Waals surface area contributed by atoms with Crippen molar-refractivity contribution < 1.29 is 4.79 Å². The van der Waals surface area contributed by atoms with E-state index in [1.807, 2.05) is 37.3 Å². The van der Waals surface area contributed by atoms with Gasteiger partial charge in [-0.15, -0.1) is 11.3 Å². The first-order valence-corrected chi connectivity index (χ1v) is 7.29. The van der Waals surface area contributed by atoms with Crippen LogP contribution >= 0.6 is 11.3 Å². The molecule has 106 valence electrons. The number of hydrogen-bond acceptors (Lipinski definition) is 4. The third-order valence-electron chi connectivity index (χ3n) is 2.98. The summed E-state index contributed by atoms with van der Waals surface area (Å²) in [5.74, 6) is 0.363. The summed E-state index contributed by atoms with van der Waals surface area (Å²) in [6.45, 7) is 1.84. The van der Waals surface area contributed by atoms with Crippen molar-refractivity contribution in [1.29, 1.82) is 0 Å². The highest BCUT2D eigenvalue weighted by Gasteiger charge is 2.16. The number of rotatable bonds is 3. The van der Waals surface area contributed by atoms with E-state index in [-0.39, 0.29) is 5.91 Å². The summed E-state index contributed by atoms with van der Waals surface area (Å²) in [4.78, 5) is 17.4. The minimum absolute atomic E-state index is 0.175. The van der Waals surface area contributed by atoms with E-state index in [1.165, 1.54) is 11.3 Å². The highest BCUT2D eigenvalue weighted by atomic mass is 32.1. The van der Waals surface area contributed by atoms with Gasteiger partial charge in [0.05, 0.1) is 5.69 Å². The van der Waals surface area contributed by atoms with E-state index in [1.54, 1.807) is 24.0 Å². The van der Waals surface area contributed by atoms with Gasteiger partial charge in [-0.2, -0.15) is 5.10 Å². The predicted octanol–water partition coefficient (Wildman–Crippen LogP) is 3.10. The molecule has 5 nitrogen and oxygen atoms in total. The SMILES string of the molecule is Cc1nc(-c2ccccc2)sc1C(=O)Nc1ccn(C)n1. The van der Waals surface area contributed by atoms with Crippen molar-refractivity contribution in [2.75, 3.05) is 5.32 Å². The van der Waals surface area contributed by atoms with E-state index in [9.17, 15) is 4.79 Å². The first kappa shape index (κ1) is 13.5. The van der Waals surface area contributed by atoms with Gasteiger partial charge in [-0.1, -0.05) is 30.3 Å². The van der Waals surface area contributed by atoms with Crippen LogP contribution in [0.2, 0.25) is 0 Å². The number of aryl methyl sites for hydroxylation is 2. The molecule has 0 spiro atoms. The average molecular weight is 298 g/mol. The quantitative estimate of drug-likeness (QED) is 0.808. The number of amides is 1. The molecule has 0 aliphatic rings. The number of anilines is 1. The first-order valence-electron chi connectivity index (χ1n) is 6.47. The minimum Gasteiger partial charge on any atom is -0.304 e. The highest BCUT2D eigenvalue weighted by Crippen LogP contribution is 2.28. The van der Waals surface area contributed by atoms with Crippen LogP contribution in [0.5, 0.6) is 0 Å². The van der Waals surface area contributed by atoms with Gasteiger partial charge in [-0.25, -0.2) is 4.98 Å². The standard InChI is InChI=1S/C15H14N4OS/c1-10-13(14(20)17-12-8-9-19(2)18-12)21-15(16-10)11-6-4-3-5-7-11/h3-9H,1-2H3,(H,17,18,20). The molecule has 0 atom stereocenters. The maximum atomic E-state index is 12.3. The molecule has 0 saturated carbocycles. The molecule has 0 fully saturated rings. The van der Waals surface area contributed by atoms with Gasteiger partial charge < -0.3 is 5.32 Å². The summed E-state index contributed by atoms with van der Waals surface area (Å²) in [6.07, 6.45) is 1.78. The second-order valence-corrected chi connectivity index (χ2v) is 5.63. The molecule has 0 unspecified atom stereocenters. The number of benzene rings is 1. The summed E-state index contributed by atoms with van der Waals surface area (Å²) >= 11 is 1.39. The predicted molar refractivity (Wildman–Crippen MR) is 83.4 cm³/mol. The lowest BCUT2D eigenvalue weighted by Crippen LogP contribution is -2.12. The van der Waals surface area contributed by atoms with Crippen LogP contribution in [0.15, 0.2) is 42.6 Å². The average Bonchev–Trinajstić information content (AvgIpc) is 3.06. The molecule has 1 amide bonds. The highest BCUT2D eigenvalue weighted by molar-refractivity contribution is 7.17. The van der Waals surface area contributed by atoms with Crippen LogP contribution in [0.4, 0.5) is 5.82 Å². The van der Waals surface area contributed by atoms with Gasteiger partial charge in [0.1, 0.15) is 9.88 Å². The molecule has 21 heavy (non-hydrogen) atoms. The van der Waals surface area contributed by atoms with E-state index in [0.717, 1.165) is 16.3 Å². The molecule has 2 heterocycles. The van der Waals surface area contributed by atoms with Crippen molar-refractivity contribution in [2.45, 2.75) is 6.92 Å². The lowest BCUT2D eigenvalue weighted by Gasteiger charge is -1.99.